The van der Waals surface area contributed by atoms with Crippen LogP contribution in [0.1, 0.15) is 193 Å². The minimum Gasteiger partial charge on any atom is -0.494 e. The molecule has 8 nitrogen and oxygen atoms in total. The number of hydrogen-bond acceptors (Lipinski definition) is 6. The van der Waals surface area contributed by atoms with Gasteiger partial charge in [-0.2, -0.15) is 0 Å². The molecule has 17 aromatic rings. The Balaban J connectivity index is 0.000000149. The molecule has 0 saturated heterocycles. The Kier molecular flexibility index (Phi) is 46.3. The molecule has 4 atom stereocenters. The van der Waals surface area contributed by atoms with Gasteiger partial charge >= 0.3 is 0 Å². The summed E-state index contributed by atoms with van der Waals surface area (Å²) in [6, 6.07) is 128. The van der Waals surface area contributed by atoms with Crippen molar-refractivity contribution in [3.05, 3.63) is 451 Å². The highest BCUT2D eigenvalue weighted by molar-refractivity contribution is 6.02. The molecule has 2 fully saturated rings. The van der Waals surface area contributed by atoms with Crippen LogP contribution >= 0.6 is 0 Å². The molecule has 21 rings (SSSR count). The van der Waals surface area contributed by atoms with Gasteiger partial charge in [-0.25, -0.2) is 0 Å². The number of hydrogen-bond donors (Lipinski definition) is 2. The van der Waals surface area contributed by atoms with Gasteiger partial charge in [0.05, 0.1) is 19.8 Å². The zero-order valence-corrected chi connectivity index (χ0v) is 86.0. The quantitative estimate of drug-likeness (QED) is 0.0788. The second kappa shape index (κ2) is 60.7. The summed E-state index contributed by atoms with van der Waals surface area (Å²) in [7, 11) is 0. The summed E-state index contributed by atoms with van der Waals surface area (Å²) in [5.74, 6) is 6.60. The number of ether oxygens (including phenoxy) is 3. The van der Waals surface area contributed by atoms with Crippen LogP contribution in [-0.4, -0.2) is 37.4 Å². The van der Waals surface area contributed by atoms with Crippen LogP contribution in [-0.2, 0) is 57.8 Å². The van der Waals surface area contributed by atoms with Gasteiger partial charge in [0, 0.05) is 37.4 Å². The summed E-state index contributed by atoms with van der Waals surface area (Å²) in [5.41, 5.74) is 10.4. The lowest BCUT2D eigenvalue weighted by Gasteiger charge is -2.30. The van der Waals surface area contributed by atoms with Crippen LogP contribution in [0.3, 0.4) is 0 Å². The molecule has 2 amide bonds. The van der Waals surface area contributed by atoms with Crippen LogP contribution in [0.15, 0.2) is 418 Å². The van der Waals surface area contributed by atoms with E-state index in [9.17, 15) is 14.4 Å². The van der Waals surface area contributed by atoms with Gasteiger partial charge in [-0.15, -0.1) is 0 Å². The molecule has 142 heavy (non-hydrogen) atoms. The minimum atomic E-state index is 0.00820. The van der Waals surface area contributed by atoms with E-state index >= 15 is 0 Å². The van der Waals surface area contributed by atoms with Crippen LogP contribution in [0.2, 0.25) is 0 Å². The van der Waals surface area contributed by atoms with E-state index in [0.29, 0.717) is 19.4 Å². The van der Waals surface area contributed by atoms with Crippen LogP contribution < -0.4 is 20.1 Å². The largest absolute Gasteiger partial charge is 0.494 e. The van der Waals surface area contributed by atoms with Gasteiger partial charge in [0.2, 0.25) is 11.8 Å². The standard InChI is InChI=1S/C13H13NO.C13H12O.C13H14O.2C13H14.C12H18O.C12H12O.C12H12.C12H18.C12H12.C9H11NO/c1-2-13(15)14-12-9-5-7-10-6-3-4-8-11(10)12;1-10(14)8-11-6-7-12-4-2-3-5-13(12)9-11;1-2-9-14-13-8-7-11-5-3-4-6-12(11)10-13;1-2-6-11-8-5-9-12-7-3-4-10-13(11)12;1-2-5-11-8-9-12-6-3-4-7-13(12)10-11;2*1-2-13-12-8-7-10-5-3-4-6-11(10)9-12;1-2-10-7-5-8-11-6-3-4-9-12(10)11;2*1-2-10-7-8-11-5-3-4-6-12(11)9-10;1-8(11)10-7-9-5-3-2-4-6-9/h3-9H,2H2,1H3,(H,14,15);2-7,9H,8H2,1H3;3-8,10H,2,9H2,1H3;3-5,7-10H,2,6H2,1H3;3-4,6-10H,2,5H2,1H3;7-11H,2-6H2,1H3;3-9H,2H2,1H3;3-9H,2H2,1H3;7-9,11-12H,2-6H2,1H3;3-9H,2H2,1H3;2-6H,7H2,1H3,(H,10,11). The van der Waals surface area contributed by atoms with E-state index in [1.807, 2.05) is 142 Å². The monoisotopic (exact) mass is 1880 g/mol. The number of carbonyl (C=O) groups is 3. The Bertz CT molecular complexity index is 6750. The predicted molar refractivity (Wildman–Crippen MR) is 610 cm³/mol. The number of rotatable bonds is 20. The minimum absolute atomic E-state index is 0.00820. The van der Waals surface area contributed by atoms with E-state index < -0.39 is 0 Å². The molecule has 0 aromatic heterocycles. The maximum Gasteiger partial charge on any atom is 0.224 e. The molecule has 2 saturated carbocycles. The Morgan fingerprint density at radius 2 is 0.711 bits per heavy atom. The van der Waals surface area contributed by atoms with Gasteiger partial charge in [0.1, 0.15) is 23.0 Å². The number of ketones is 1. The number of Topliss-reactive ketones (excluding diaryl/α,β-unsaturated/α-hetero) is 1. The topological polar surface area (TPSA) is 103 Å². The van der Waals surface area contributed by atoms with Gasteiger partial charge in [-0.05, 0) is 265 Å². The number of fused-ring (bicyclic) bond motifs is 10. The van der Waals surface area contributed by atoms with Crippen LogP contribution in [0.4, 0.5) is 5.69 Å². The van der Waals surface area contributed by atoms with Crippen LogP contribution in [0.5, 0.6) is 11.5 Å². The first kappa shape index (κ1) is 108. The number of aryl methyl sites for hydroxylation is 4. The van der Waals surface area contributed by atoms with Crippen molar-refractivity contribution in [2.75, 3.05) is 25.1 Å². The number of carbonyl (C=O) groups excluding carboxylic acids is 3. The average Bonchev–Trinajstić information content (AvgIpc) is 0.817. The number of allylic oxidation sites excluding steroid dienone is 7. The molecule has 732 valence electrons. The summed E-state index contributed by atoms with van der Waals surface area (Å²) < 4.78 is 16.5. The lowest BCUT2D eigenvalue weighted by Crippen LogP contribution is -2.18. The molecule has 0 bridgehead atoms. The Hall–Kier alpha value is -14.2. The highest BCUT2D eigenvalue weighted by Crippen LogP contribution is 2.38. The molecule has 8 heteroatoms. The van der Waals surface area contributed by atoms with Gasteiger partial charge in [0.25, 0.3) is 0 Å². The maximum absolute atomic E-state index is 11.3. The Morgan fingerprint density at radius 1 is 0.310 bits per heavy atom. The fraction of sp³-hybridized carbons (Fsp3) is 0.276. The van der Waals surface area contributed by atoms with E-state index in [4.69, 9.17) is 14.2 Å². The summed E-state index contributed by atoms with van der Waals surface area (Å²) in [4.78, 5) is 32.8. The van der Waals surface area contributed by atoms with Crippen molar-refractivity contribution in [2.45, 2.75) is 198 Å². The average molecular weight is 1880 g/mol. The molecule has 0 radical (unpaired) electrons. The lowest BCUT2D eigenvalue weighted by molar-refractivity contribution is -0.119. The zero-order valence-electron chi connectivity index (χ0n) is 86.0. The van der Waals surface area contributed by atoms with Crippen LogP contribution in [0, 0.1) is 23.7 Å². The normalized spacial score (nSPS) is 14.3. The van der Waals surface area contributed by atoms with E-state index in [1.165, 1.54) is 188 Å². The Labute approximate surface area is 847 Å². The summed E-state index contributed by atoms with van der Waals surface area (Å²) >= 11 is 0. The van der Waals surface area contributed by atoms with E-state index in [-0.39, 0.29) is 17.6 Å². The fourth-order valence-electron chi connectivity index (χ4n) is 18.3. The molecule has 4 aliphatic carbocycles. The van der Waals surface area contributed by atoms with Crippen molar-refractivity contribution < 1.29 is 28.6 Å². The molecule has 4 aliphatic rings. The first-order valence-corrected chi connectivity index (χ1v) is 52.1. The number of anilines is 1. The third kappa shape index (κ3) is 35.8. The second-order valence-electron chi connectivity index (χ2n) is 36.6. The van der Waals surface area contributed by atoms with Crippen molar-refractivity contribution in [1.29, 1.82) is 0 Å². The maximum atomic E-state index is 11.3. The van der Waals surface area contributed by atoms with Crippen LogP contribution in [0.25, 0.3) is 86.2 Å². The summed E-state index contributed by atoms with van der Waals surface area (Å²) in [6.45, 7) is 25.1. The summed E-state index contributed by atoms with van der Waals surface area (Å²) in [5, 5.41) is 26.1. The molecule has 2 N–H and O–H groups in total. The van der Waals surface area contributed by atoms with Crippen molar-refractivity contribution in [1.82, 2.24) is 5.32 Å². The fourth-order valence-corrected chi connectivity index (χ4v) is 18.3. The van der Waals surface area contributed by atoms with Crippen molar-refractivity contribution in [2.24, 2.45) is 23.7 Å². The van der Waals surface area contributed by atoms with E-state index in [0.717, 1.165) is 108 Å². The molecule has 0 heterocycles. The number of nitrogens with one attached hydrogen (secondary N) is 2. The lowest BCUT2D eigenvalue weighted by atomic mass is 9.75. The first-order valence-electron chi connectivity index (χ1n) is 52.1. The van der Waals surface area contributed by atoms with E-state index in [2.05, 4.69) is 337 Å². The van der Waals surface area contributed by atoms with E-state index in [1.54, 1.807) is 12.5 Å². The molecular formula is C134H150N2O6. The van der Waals surface area contributed by atoms with Crippen molar-refractivity contribution in [3.63, 3.8) is 0 Å². The van der Waals surface area contributed by atoms with Gasteiger partial charge < -0.3 is 24.8 Å². The molecule has 4 unspecified atom stereocenters. The molecule has 0 spiro atoms. The summed E-state index contributed by atoms with van der Waals surface area (Å²) in [6.07, 6.45) is 35.7. The Morgan fingerprint density at radius 3 is 1.19 bits per heavy atom. The highest BCUT2D eigenvalue weighted by atomic mass is 16.5. The third-order valence-corrected chi connectivity index (χ3v) is 25.8. The first-order chi connectivity index (χ1) is 69.6. The van der Waals surface area contributed by atoms with Gasteiger partial charge in [-0.3, -0.25) is 14.4 Å². The molecule has 17 aromatic carbocycles. The SMILES string of the molecule is CC(=O)Cc1ccc2ccccc2c1.CC(=O)NCc1ccccc1.CCC(=O)Nc1cccc2ccccc12.CCC1=CC2CCCCC2C=C1.CCCOc1ccc2ccccc2c1.CCCc1ccc2ccccc2c1.CCCc1cccc2ccccc12.CCOC1=CC2CCCCC2C=C1.CCOc1ccc2ccccc2c1.CCc1ccc2ccccc2c1.CCc1cccc2ccccc12. The molecular weight excluding hydrogens is 1730 g/mol. The second-order valence-corrected chi connectivity index (χ2v) is 36.6. The third-order valence-electron chi connectivity index (χ3n) is 25.8. The molecule has 0 aliphatic heterocycles. The zero-order chi connectivity index (χ0) is 100. The van der Waals surface area contributed by atoms with Gasteiger partial charge in [0.15, 0.2) is 0 Å². The smallest absolute Gasteiger partial charge is 0.224 e. The number of benzene rings is 17. The predicted octanol–water partition coefficient (Wildman–Crippen LogP) is 35.7. The van der Waals surface area contributed by atoms with Gasteiger partial charge in [-0.1, -0.05) is 457 Å². The van der Waals surface area contributed by atoms with Crippen molar-refractivity contribution in [3.8, 4) is 11.5 Å². The van der Waals surface area contributed by atoms with Crippen molar-refractivity contribution >= 4 is 109 Å². The highest BCUT2D eigenvalue weighted by Gasteiger charge is 2.25. The number of amides is 2.